The molecule has 38 heavy (non-hydrogen) atoms. The first-order valence-electron chi connectivity index (χ1n) is 13.1. The van der Waals surface area contributed by atoms with E-state index in [2.05, 4.69) is 0 Å². The second kappa shape index (κ2) is 11.5. The lowest BCUT2D eigenvalue weighted by atomic mass is 9.91. The van der Waals surface area contributed by atoms with Crippen molar-refractivity contribution >= 4 is 15.6 Å². The Morgan fingerprint density at radius 1 is 0.737 bits per heavy atom. The standard InChI is InChI=1S/C33H32FNO2S/c1-25-16-17-30(22-32(25)34)33(28-14-8-9-15-28)29-18-20-31(21-19-29)38(36,37)35(23-26-10-4-2-5-11-26)24-27-12-6-3-7-13-27/h2-7,10-13,16-22H,8-9,14-15,23-24H2,1H3. The molecule has 0 atom stereocenters. The van der Waals surface area contributed by atoms with E-state index in [0.29, 0.717) is 5.56 Å². The smallest absolute Gasteiger partial charge is 0.207 e. The highest BCUT2D eigenvalue weighted by molar-refractivity contribution is 7.89. The molecule has 0 bridgehead atoms. The maximum atomic E-state index is 14.5. The molecule has 0 aliphatic heterocycles. The van der Waals surface area contributed by atoms with Crippen molar-refractivity contribution in [3.05, 3.63) is 142 Å². The lowest BCUT2D eigenvalue weighted by molar-refractivity contribution is 0.401. The Labute approximate surface area is 225 Å². The van der Waals surface area contributed by atoms with Crippen molar-refractivity contribution in [1.29, 1.82) is 0 Å². The highest BCUT2D eigenvalue weighted by Crippen LogP contribution is 2.37. The summed E-state index contributed by atoms with van der Waals surface area (Å²) >= 11 is 0. The molecular weight excluding hydrogens is 493 g/mol. The van der Waals surface area contributed by atoms with Gasteiger partial charge in [0.1, 0.15) is 5.82 Å². The second-order valence-corrected chi connectivity index (χ2v) is 11.9. The molecule has 194 valence electrons. The molecule has 4 aromatic carbocycles. The molecule has 4 aromatic rings. The number of sulfonamides is 1. The van der Waals surface area contributed by atoms with Gasteiger partial charge in [-0.2, -0.15) is 4.31 Å². The molecule has 5 rings (SSSR count). The van der Waals surface area contributed by atoms with Crippen LogP contribution in [0.1, 0.15) is 53.5 Å². The average Bonchev–Trinajstić information content (AvgIpc) is 3.46. The van der Waals surface area contributed by atoms with Crippen LogP contribution in [0.2, 0.25) is 0 Å². The van der Waals surface area contributed by atoms with Crippen LogP contribution in [0.3, 0.4) is 0 Å². The van der Waals surface area contributed by atoms with Crippen LogP contribution < -0.4 is 0 Å². The lowest BCUT2D eigenvalue weighted by Gasteiger charge is -2.23. The molecule has 1 fully saturated rings. The fourth-order valence-corrected chi connectivity index (χ4v) is 6.53. The minimum atomic E-state index is -3.78. The van der Waals surface area contributed by atoms with Gasteiger partial charge < -0.3 is 0 Å². The van der Waals surface area contributed by atoms with Crippen LogP contribution in [-0.2, 0) is 23.1 Å². The maximum absolute atomic E-state index is 14.5. The third-order valence-electron chi connectivity index (χ3n) is 7.21. The summed E-state index contributed by atoms with van der Waals surface area (Å²) in [6, 6.07) is 31.8. The third-order valence-corrected chi connectivity index (χ3v) is 9.01. The van der Waals surface area contributed by atoms with Crippen molar-refractivity contribution in [2.75, 3.05) is 0 Å². The zero-order valence-corrected chi connectivity index (χ0v) is 22.4. The van der Waals surface area contributed by atoms with E-state index < -0.39 is 10.0 Å². The first-order valence-corrected chi connectivity index (χ1v) is 14.5. The first kappa shape index (κ1) is 26.1. The van der Waals surface area contributed by atoms with Crippen molar-refractivity contribution in [3.63, 3.8) is 0 Å². The van der Waals surface area contributed by atoms with E-state index in [1.807, 2.05) is 84.9 Å². The Balaban J connectivity index is 1.50. The van der Waals surface area contributed by atoms with Gasteiger partial charge in [0.15, 0.2) is 0 Å². The normalized spacial score (nSPS) is 13.7. The van der Waals surface area contributed by atoms with E-state index in [-0.39, 0.29) is 23.8 Å². The molecule has 1 saturated carbocycles. The topological polar surface area (TPSA) is 37.4 Å². The van der Waals surface area contributed by atoms with Crippen LogP contribution in [0.15, 0.2) is 114 Å². The van der Waals surface area contributed by atoms with Gasteiger partial charge in [0, 0.05) is 13.1 Å². The fraction of sp³-hybridized carbons (Fsp3) is 0.212. The fourth-order valence-electron chi connectivity index (χ4n) is 5.12. The molecule has 0 aromatic heterocycles. The Morgan fingerprint density at radius 2 is 1.26 bits per heavy atom. The van der Waals surface area contributed by atoms with E-state index in [9.17, 15) is 12.8 Å². The maximum Gasteiger partial charge on any atom is 0.243 e. The van der Waals surface area contributed by atoms with Crippen molar-refractivity contribution in [1.82, 2.24) is 4.31 Å². The zero-order chi connectivity index (χ0) is 26.5. The van der Waals surface area contributed by atoms with Gasteiger partial charge in [0.25, 0.3) is 0 Å². The van der Waals surface area contributed by atoms with Crippen molar-refractivity contribution in [3.8, 4) is 0 Å². The molecular formula is C33H32FNO2S. The molecule has 0 unspecified atom stereocenters. The number of hydrogen-bond donors (Lipinski definition) is 0. The zero-order valence-electron chi connectivity index (χ0n) is 21.6. The average molecular weight is 526 g/mol. The van der Waals surface area contributed by atoms with Gasteiger partial charge in [-0.15, -0.1) is 0 Å². The molecule has 0 heterocycles. The van der Waals surface area contributed by atoms with E-state index in [1.54, 1.807) is 25.1 Å². The predicted molar refractivity (Wildman–Crippen MR) is 151 cm³/mol. The SMILES string of the molecule is Cc1ccc(C(=C2CCCC2)c2ccc(S(=O)(=O)N(Cc3ccccc3)Cc3ccccc3)cc2)cc1F. The summed E-state index contributed by atoms with van der Waals surface area (Å²) < 4.78 is 43.8. The second-order valence-electron chi connectivity index (χ2n) is 9.92. The molecule has 5 heteroatoms. The minimum absolute atomic E-state index is 0.227. The van der Waals surface area contributed by atoms with Gasteiger partial charge in [0.05, 0.1) is 4.90 Å². The van der Waals surface area contributed by atoms with E-state index in [4.69, 9.17) is 0 Å². The van der Waals surface area contributed by atoms with Crippen molar-refractivity contribution < 1.29 is 12.8 Å². The van der Waals surface area contributed by atoms with Crippen LogP contribution >= 0.6 is 0 Å². The molecule has 0 radical (unpaired) electrons. The summed E-state index contributed by atoms with van der Waals surface area (Å²) in [4.78, 5) is 0.249. The van der Waals surface area contributed by atoms with E-state index in [1.165, 1.54) is 9.88 Å². The van der Waals surface area contributed by atoms with Crippen molar-refractivity contribution in [2.24, 2.45) is 0 Å². The molecule has 0 N–H and O–H groups in total. The number of aryl methyl sites for hydroxylation is 1. The summed E-state index contributed by atoms with van der Waals surface area (Å²) in [6.45, 7) is 2.31. The number of benzene rings is 4. The quantitative estimate of drug-likeness (QED) is 0.234. The Hall–Kier alpha value is -3.54. The van der Waals surface area contributed by atoms with Gasteiger partial charge in [-0.3, -0.25) is 0 Å². The summed E-state index contributed by atoms with van der Waals surface area (Å²) in [5.74, 6) is -0.227. The monoisotopic (exact) mass is 525 g/mol. The predicted octanol–water partition coefficient (Wildman–Crippen LogP) is 7.90. The number of hydrogen-bond acceptors (Lipinski definition) is 2. The molecule has 1 aliphatic rings. The summed E-state index contributed by atoms with van der Waals surface area (Å²) in [5.41, 5.74) is 6.56. The molecule has 1 aliphatic carbocycles. The molecule has 3 nitrogen and oxygen atoms in total. The summed E-state index contributed by atoms with van der Waals surface area (Å²) in [7, 11) is -3.78. The molecule has 0 amide bonds. The number of allylic oxidation sites excluding steroid dienone is 1. The van der Waals surface area contributed by atoms with Crippen LogP contribution in [0, 0.1) is 12.7 Å². The molecule has 0 spiro atoms. The van der Waals surface area contributed by atoms with Gasteiger partial charge in [-0.05, 0) is 84.2 Å². The third kappa shape index (κ3) is 5.79. The lowest BCUT2D eigenvalue weighted by Crippen LogP contribution is -2.30. The Morgan fingerprint density at radius 3 is 1.79 bits per heavy atom. The van der Waals surface area contributed by atoms with Crippen LogP contribution in [0.4, 0.5) is 4.39 Å². The first-order chi connectivity index (χ1) is 18.4. The Kier molecular flexibility index (Phi) is 7.87. The van der Waals surface area contributed by atoms with Gasteiger partial charge in [-0.25, -0.2) is 12.8 Å². The Bertz CT molecular complexity index is 1480. The number of nitrogens with zero attached hydrogens (tertiary/aromatic N) is 1. The summed E-state index contributed by atoms with van der Waals surface area (Å²) in [5, 5.41) is 0. The largest absolute Gasteiger partial charge is 0.243 e. The van der Waals surface area contributed by atoms with Crippen LogP contribution in [0.5, 0.6) is 0 Å². The summed E-state index contributed by atoms with van der Waals surface area (Å²) in [6.07, 6.45) is 4.20. The van der Waals surface area contributed by atoms with Gasteiger partial charge >= 0.3 is 0 Å². The minimum Gasteiger partial charge on any atom is -0.207 e. The number of halogens is 1. The van der Waals surface area contributed by atoms with E-state index in [0.717, 1.165) is 53.5 Å². The van der Waals surface area contributed by atoms with Crippen molar-refractivity contribution in [2.45, 2.75) is 50.6 Å². The van der Waals surface area contributed by atoms with Crippen LogP contribution in [-0.4, -0.2) is 12.7 Å². The van der Waals surface area contributed by atoms with Gasteiger partial charge in [-0.1, -0.05) is 90.5 Å². The molecule has 0 saturated heterocycles. The highest BCUT2D eigenvalue weighted by Gasteiger charge is 2.26. The highest BCUT2D eigenvalue weighted by atomic mass is 32.2. The number of rotatable bonds is 8. The van der Waals surface area contributed by atoms with E-state index >= 15 is 0 Å². The van der Waals surface area contributed by atoms with Crippen LogP contribution in [0.25, 0.3) is 5.57 Å². The van der Waals surface area contributed by atoms with Gasteiger partial charge in [0.2, 0.25) is 10.0 Å².